The van der Waals surface area contributed by atoms with Crippen LogP contribution in [0.5, 0.6) is 0 Å². The average Bonchev–Trinajstić information content (AvgIpc) is 2.78. The molecule has 1 aliphatic heterocycles. The number of ether oxygens (including phenoxy) is 1. The molecule has 160 valence electrons. The van der Waals surface area contributed by atoms with Gasteiger partial charge in [0.25, 0.3) is 0 Å². The lowest BCUT2D eigenvalue weighted by Gasteiger charge is -2.33. The fourth-order valence-corrected chi connectivity index (χ4v) is 3.72. The Bertz CT molecular complexity index is 805. The summed E-state index contributed by atoms with van der Waals surface area (Å²) < 4.78 is 5.80. The van der Waals surface area contributed by atoms with E-state index in [-0.39, 0.29) is 30.6 Å². The highest BCUT2D eigenvalue weighted by molar-refractivity contribution is 5.97. The van der Waals surface area contributed by atoms with Crippen molar-refractivity contribution in [1.29, 1.82) is 0 Å². The highest BCUT2D eigenvalue weighted by Crippen LogP contribution is 2.11. The number of rotatable bonds is 10. The highest BCUT2D eigenvalue weighted by atomic mass is 16.5. The Morgan fingerprint density at radius 3 is 2.53 bits per heavy atom. The van der Waals surface area contributed by atoms with Gasteiger partial charge in [-0.2, -0.15) is 0 Å². The molecule has 0 aliphatic carbocycles. The maximum Gasteiger partial charge on any atom is 0.220 e. The van der Waals surface area contributed by atoms with Crippen molar-refractivity contribution in [1.82, 2.24) is 10.2 Å². The lowest BCUT2D eigenvalue weighted by atomic mass is 10.0. The molecule has 1 N–H and O–H groups in total. The number of carbonyl (C=O) groups excluding carboxylic acids is 2. The van der Waals surface area contributed by atoms with Gasteiger partial charge >= 0.3 is 0 Å². The van der Waals surface area contributed by atoms with Gasteiger partial charge in [-0.05, 0) is 17.5 Å². The van der Waals surface area contributed by atoms with Crippen LogP contribution in [-0.2, 0) is 22.5 Å². The molecule has 1 atom stereocenters. The summed E-state index contributed by atoms with van der Waals surface area (Å²) in [6, 6.07) is 18.1. The standard InChI is InChI=1S/C25H32N2O3/c1-2-6-20-9-11-22(12-10-20)24(28)13-14-25(29)26-17-23-19-27(15-16-30-23)18-21-7-4-3-5-8-21/h3-5,7-12,23H,2,6,13-19H2,1H3,(H,26,29). The molecular formula is C25H32N2O3. The van der Waals surface area contributed by atoms with Crippen LogP contribution in [0, 0.1) is 0 Å². The number of ketones is 1. The van der Waals surface area contributed by atoms with Gasteiger partial charge < -0.3 is 10.1 Å². The largest absolute Gasteiger partial charge is 0.374 e. The predicted molar refractivity (Wildman–Crippen MR) is 118 cm³/mol. The van der Waals surface area contributed by atoms with E-state index in [0.717, 1.165) is 32.5 Å². The van der Waals surface area contributed by atoms with Crippen LogP contribution in [0.2, 0.25) is 0 Å². The summed E-state index contributed by atoms with van der Waals surface area (Å²) in [6.45, 7) is 5.85. The molecule has 1 fully saturated rings. The second-order valence-corrected chi connectivity index (χ2v) is 7.89. The van der Waals surface area contributed by atoms with Crippen molar-refractivity contribution in [2.75, 3.05) is 26.2 Å². The van der Waals surface area contributed by atoms with Gasteiger partial charge in [0.05, 0.1) is 12.7 Å². The van der Waals surface area contributed by atoms with E-state index in [1.807, 2.05) is 42.5 Å². The Kier molecular flexibility index (Phi) is 8.60. The number of morpholine rings is 1. The van der Waals surface area contributed by atoms with Gasteiger partial charge in [0.15, 0.2) is 5.78 Å². The first kappa shape index (κ1) is 22.2. The quantitative estimate of drug-likeness (QED) is 0.610. The van der Waals surface area contributed by atoms with Crippen molar-refractivity contribution in [3.8, 4) is 0 Å². The van der Waals surface area contributed by atoms with Gasteiger partial charge in [-0.25, -0.2) is 0 Å². The first-order chi connectivity index (χ1) is 14.6. The van der Waals surface area contributed by atoms with Crippen LogP contribution in [0.25, 0.3) is 0 Å². The number of carbonyl (C=O) groups is 2. The molecule has 1 heterocycles. The molecule has 0 bridgehead atoms. The summed E-state index contributed by atoms with van der Waals surface area (Å²) >= 11 is 0. The van der Waals surface area contributed by atoms with Crippen LogP contribution in [0.3, 0.4) is 0 Å². The van der Waals surface area contributed by atoms with Crippen molar-refractivity contribution in [3.63, 3.8) is 0 Å². The Hall–Kier alpha value is -2.50. The van der Waals surface area contributed by atoms with E-state index < -0.39 is 0 Å². The molecular weight excluding hydrogens is 376 g/mol. The van der Waals surface area contributed by atoms with Gasteiger partial charge in [0, 0.05) is 44.6 Å². The average molecular weight is 409 g/mol. The lowest BCUT2D eigenvalue weighted by Crippen LogP contribution is -2.47. The highest BCUT2D eigenvalue weighted by Gasteiger charge is 2.21. The molecule has 2 aromatic rings. The SMILES string of the molecule is CCCc1ccc(C(=O)CCC(=O)NCC2CN(Cc3ccccc3)CCO2)cc1. The second kappa shape index (κ2) is 11.6. The fourth-order valence-electron chi connectivity index (χ4n) is 3.72. The zero-order valence-electron chi connectivity index (χ0n) is 17.8. The number of amides is 1. The van der Waals surface area contributed by atoms with Gasteiger partial charge in [0.1, 0.15) is 0 Å². The van der Waals surface area contributed by atoms with Crippen LogP contribution < -0.4 is 5.32 Å². The maximum absolute atomic E-state index is 12.3. The summed E-state index contributed by atoms with van der Waals surface area (Å²) in [5.41, 5.74) is 3.19. The number of hydrogen-bond acceptors (Lipinski definition) is 4. The minimum atomic E-state index is -0.102. The van der Waals surface area contributed by atoms with Crippen LogP contribution in [-0.4, -0.2) is 48.9 Å². The molecule has 5 heteroatoms. The Morgan fingerprint density at radius 2 is 1.80 bits per heavy atom. The normalized spacial score (nSPS) is 16.9. The summed E-state index contributed by atoms with van der Waals surface area (Å²) in [4.78, 5) is 26.9. The number of nitrogens with one attached hydrogen (secondary N) is 1. The minimum absolute atomic E-state index is 0.0103. The molecule has 3 rings (SSSR count). The third kappa shape index (κ3) is 7.08. The summed E-state index contributed by atoms with van der Waals surface area (Å²) in [5, 5.41) is 2.93. The van der Waals surface area contributed by atoms with E-state index in [1.165, 1.54) is 11.1 Å². The minimum Gasteiger partial charge on any atom is -0.374 e. The van der Waals surface area contributed by atoms with Crippen molar-refractivity contribution in [2.45, 2.75) is 45.3 Å². The third-order valence-corrected chi connectivity index (χ3v) is 5.39. The van der Waals surface area contributed by atoms with E-state index >= 15 is 0 Å². The van der Waals surface area contributed by atoms with E-state index in [4.69, 9.17) is 4.74 Å². The van der Waals surface area contributed by atoms with E-state index in [2.05, 4.69) is 29.3 Å². The number of hydrogen-bond donors (Lipinski definition) is 1. The van der Waals surface area contributed by atoms with E-state index in [0.29, 0.717) is 18.7 Å². The van der Waals surface area contributed by atoms with E-state index in [9.17, 15) is 9.59 Å². The Labute approximate surface area is 179 Å². The van der Waals surface area contributed by atoms with Gasteiger partial charge in [-0.3, -0.25) is 14.5 Å². The molecule has 1 saturated heterocycles. The molecule has 0 saturated carbocycles. The second-order valence-electron chi connectivity index (χ2n) is 7.89. The van der Waals surface area contributed by atoms with Crippen LogP contribution >= 0.6 is 0 Å². The van der Waals surface area contributed by atoms with E-state index in [1.54, 1.807) is 0 Å². The molecule has 1 unspecified atom stereocenters. The lowest BCUT2D eigenvalue weighted by molar-refractivity contribution is -0.122. The van der Waals surface area contributed by atoms with Gasteiger partial charge in [0.2, 0.25) is 5.91 Å². The summed E-state index contributed by atoms with van der Waals surface area (Å²) in [5.74, 6) is -0.0918. The first-order valence-electron chi connectivity index (χ1n) is 10.9. The Balaban J connectivity index is 1.37. The first-order valence-corrected chi connectivity index (χ1v) is 10.9. The van der Waals surface area contributed by atoms with Crippen LogP contribution in [0.1, 0.15) is 47.7 Å². The molecule has 2 aromatic carbocycles. The molecule has 30 heavy (non-hydrogen) atoms. The molecule has 5 nitrogen and oxygen atoms in total. The smallest absolute Gasteiger partial charge is 0.220 e. The molecule has 0 aromatic heterocycles. The number of benzene rings is 2. The Morgan fingerprint density at radius 1 is 1.03 bits per heavy atom. The molecule has 0 spiro atoms. The fraction of sp³-hybridized carbons (Fsp3) is 0.440. The number of nitrogens with zero attached hydrogens (tertiary/aromatic N) is 1. The molecule has 1 amide bonds. The zero-order chi connectivity index (χ0) is 21.2. The third-order valence-electron chi connectivity index (χ3n) is 5.39. The van der Waals surface area contributed by atoms with Crippen molar-refractivity contribution >= 4 is 11.7 Å². The molecule has 0 radical (unpaired) electrons. The maximum atomic E-state index is 12.3. The van der Waals surface area contributed by atoms with Crippen molar-refractivity contribution in [2.24, 2.45) is 0 Å². The summed E-state index contributed by atoms with van der Waals surface area (Å²) in [7, 11) is 0. The van der Waals surface area contributed by atoms with Crippen molar-refractivity contribution < 1.29 is 14.3 Å². The number of aryl methyl sites for hydroxylation is 1. The monoisotopic (exact) mass is 408 g/mol. The summed E-state index contributed by atoms with van der Waals surface area (Å²) in [6.07, 6.45) is 2.51. The predicted octanol–water partition coefficient (Wildman–Crippen LogP) is 3.62. The zero-order valence-corrected chi connectivity index (χ0v) is 17.8. The van der Waals surface area contributed by atoms with Gasteiger partial charge in [-0.1, -0.05) is 67.9 Å². The molecule has 1 aliphatic rings. The van der Waals surface area contributed by atoms with Gasteiger partial charge in [-0.15, -0.1) is 0 Å². The topological polar surface area (TPSA) is 58.6 Å². The number of Topliss-reactive ketones (excluding diaryl/α,β-unsaturated/α-hetero) is 1. The van der Waals surface area contributed by atoms with Crippen molar-refractivity contribution in [3.05, 3.63) is 71.3 Å². The van der Waals surface area contributed by atoms with Crippen LogP contribution in [0.15, 0.2) is 54.6 Å². The van der Waals surface area contributed by atoms with Crippen LogP contribution in [0.4, 0.5) is 0 Å².